The van der Waals surface area contributed by atoms with Gasteiger partial charge in [0, 0.05) is 24.7 Å². The highest BCUT2D eigenvalue weighted by Gasteiger charge is 2.37. The molecule has 34 heavy (non-hydrogen) atoms. The number of rotatable bonds is 10. The lowest BCUT2D eigenvalue weighted by atomic mass is 10.0. The van der Waals surface area contributed by atoms with Gasteiger partial charge in [-0.25, -0.2) is 9.69 Å². The van der Waals surface area contributed by atoms with Gasteiger partial charge in [-0.3, -0.25) is 9.78 Å². The number of aryl methyl sites for hydroxylation is 2. The van der Waals surface area contributed by atoms with E-state index in [4.69, 9.17) is 9.47 Å². The maximum atomic E-state index is 12.8. The van der Waals surface area contributed by atoms with Crippen LogP contribution in [0.15, 0.2) is 72.9 Å². The molecule has 0 saturated carbocycles. The van der Waals surface area contributed by atoms with Crippen LogP contribution in [0.2, 0.25) is 0 Å². The first-order chi connectivity index (χ1) is 16.6. The molecule has 0 bridgehead atoms. The van der Waals surface area contributed by atoms with Crippen molar-refractivity contribution in [2.24, 2.45) is 0 Å². The molecule has 2 heterocycles. The van der Waals surface area contributed by atoms with Gasteiger partial charge in [0.15, 0.2) is 0 Å². The third-order valence-electron chi connectivity index (χ3n) is 6.02. The van der Waals surface area contributed by atoms with Gasteiger partial charge in [0.1, 0.15) is 12.4 Å². The summed E-state index contributed by atoms with van der Waals surface area (Å²) in [6.45, 7) is 2.91. The Morgan fingerprint density at radius 3 is 2.47 bits per heavy atom. The molecule has 6 nitrogen and oxygen atoms in total. The molecule has 1 aromatic heterocycles. The van der Waals surface area contributed by atoms with Crippen LogP contribution in [-0.2, 0) is 35.2 Å². The van der Waals surface area contributed by atoms with E-state index in [1.165, 1.54) is 10.5 Å². The number of cyclic esters (lactones) is 1. The number of carbonyl (C=O) groups is 2. The number of imide groups is 1. The van der Waals surface area contributed by atoms with Crippen LogP contribution in [0.5, 0.6) is 5.75 Å². The van der Waals surface area contributed by atoms with Crippen LogP contribution in [0.1, 0.15) is 35.7 Å². The van der Waals surface area contributed by atoms with Gasteiger partial charge in [-0.1, -0.05) is 55.5 Å². The maximum Gasteiger partial charge on any atom is 0.416 e. The molecule has 0 radical (unpaired) electrons. The Labute approximate surface area is 200 Å². The highest BCUT2D eigenvalue weighted by atomic mass is 16.6. The molecule has 1 saturated heterocycles. The van der Waals surface area contributed by atoms with Crippen molar-refractivity contribution in [2.45, 2.75) is 45.1 Å². The number of amides is 2. The second kappa shape index (κ2) is 11.5. The van der Waals surface area contributed by atoms with Crippen molar-refractivity contribution < 1.29 is 19.1 Å². The van der Waals surface area contributed by atoms with Crippen LogP contribution < -0.4 is 4.74 Å². The maximum absolute atomic E-state index is 12.8. The lowest BCUT2D eigenvalue weighted by Crippen LogP contribution is -2.40. The van der Waals surface area contributed by atoms with Crippen molar-refractivity contribution in [3.63, 3.8) is 0 Å². The Bertz CT molecular complexity index is 1080. The first-order valence-corrected chi connectivity index (χ1v) is 11.8. The molecule has 0 aliphatic carbocycles. The molecule has 0 spiro atoms. The van der Waals surface area contributed by atoms with Crippen molar-refractivity contribution in [3.05, 3.63) is 95.3 Å². The standard InChI is InChI=1S/C28H30N2O4/c1-2-21-8-12-24(29-19-21)16-17-33-26-13-9-22(10-14-26)11-15-27(31)30-25(20-34-28(30)32)18-23-6-4-3-5-7-23/h3-10,12-14,19,25H,2,11,15-18,20H2,1H3. The fourth-order valence-electron chi connectivity index (χ4n) is 4.01. The average Bonchev–Trinajstić information content (AvgIpc) is 3.24. The van der Waals surface area contributed by atoms with E-state index in [1.54, 1.807) is 0 Å². The lowest BCUT2D eigenvalue weighted by Gasteiger charge is -2.19. The van der Waals surface area contributed by atoms with Crippen molar-refractivity contribution in [3.8, 4) is 5.75 Å². The van der Waals surface area contributed by atoms with E-state index < -0.39 is 6.09 Å². The van der Waals surface area contributed by atoms with E-state index in [-0.39, 0.29) is 25.0 Å². The van der Waals surface area contributed by atoms with Crippen LogP contribution in [-0.4, -0.2) is 41.1 Å². The zero-order valence-electron chi connectivity index (χ0n) is 19.5. The number of pyridine rings is 1. The molecule has 2 aromatic carbocycles. The van der Waals surface area contributed by atoms with Crippen molar-refractivity contribution in [1.29, 1.82) is 0 Å². The first kappa shape index (κ1) is 23.5. The van der Waals surface area contributed by atoms with Crippen LogP contribution in [0, 0.1) is 0 Å². The molecular formula is C28H30N2O4. The molecule has 3 aromatic rings. The van der Waals surface area contributed by atoms with Crippen molar-refractivity contribution in [1.82, 2.24) is 9.88 Å². The van der Waals surface area contributed by atoms with Crippen LogP contribution in [0.4, 0.5) is 4.79 Å². The third kappa shape index (κ3) is 6.22. The number of hydrogen-bond acceptors (Lipinski definition) is 5. The number of benzene rings is 2. The van der Waals surface area contributed by atoms with E-state index in [0.717, 1.165) is 35.4 Å². The third-order valence-corrected chi connectivity index (χ3v) is 6.02. The molecule has 1 fully saturated rings. The summed E-state index contributed by atoms with van der Waals surface area (Å²) < 4.78 is 11.0. The van der Waals surface area contributed by atoms with Gasteiger partial charge < -0.3 is 9.47 Å². The Balaban J connectivity index is 1.24. The smallest absolute Gasteiger partial charge is 0.416 e. The summed E-state index contributed by atoms with van der Waals surface area (Å²) in [7, 11) is 0. The van der Waals surface area contributed by atoms with Gasteiger partial charge in [-0.15, -0.1) is 0 Å². The van der Waals surface area contributed by atoms with E-state index >= 15 is 0 Å². The fraction of sp³-hybridized carbons (Fsp3) is 0.321. The Hall–Kier alpha value is -3.67. The second-order valence-corrected chi connectivity index (χ2v) is 8.44. The van der Waals surface area contributed by atoms with Crippen molar-refractivity contribution in [2.75, 3.05) is 13.2 Å². The molecule has 176 valence electrons. The highest BCUT2D eigenvalue weighted by Crippen LogP contribution is 2.20. The summed E-state index contributed by atoms with van der Waals surface area (Å²) in [5.41, 5.74) is 4.34. The van der Waals surface area contributed by atoms with Crippen LogP contribution in [0.3, 0.4) is 0 Å². The van der Waals surface area contributed by atoms with Gasteiger partial charge in [-0.2, -0.15) is 0 Å². The summed E-state index contributed by atoms with van der Waals surface area (Å²) in [4.78, 5) is 30.7. The summed E-state index contributed by atoms with van der Waals surface area (Å²) in [6.07, 6.45) is 4.50. The van der Waals surface area contributed by atoms with E-state index in [0.29, 0.717) is 19.4 Å². The van der Waals surface area contributed by atoms with Gasteiger partial charge in [0.25, 0.3) is 0 Å². The number of ether oxygens (including phenoxy) is 2. The molecule has 2 amide bonds. The molecule has 1 atom stereocenters. The van der Waals surface area contributed by atoms with E-state index in [1.807, 2.05) is 66.9 Å². The van der Waals surface area contributed by atoms with Gasteiger partial charge in [0.2, 0.25) is 5.91 Å². The minimum absolute atomic E-state index is 0.203. The minimum atomic E-state index is -0.548. The number of hydrogen-bond donors (Lipinski definition) is 0. The number of nitrogens with zero attached hydrogens (tertiary/aromatic N) is 2. The number of aromatic nitrogens is 1. The Morgan fingerprint density at radius 1 is 1.00 bits per heavy atom. The van der Waals surface area contributed by atoms with Crippen LogP contribution in [0.25, 0.3) is 0 Å². The fourth-order valence-corrected chi connectivity index (χ4v) is 4.01. The van der Waals surface area contributed by atoms with Gasteiger partial charge >= 0.3 is 6.09 Å². The zero-order chi connectivity index (χ0) is 23.8. The summed E-state index contributed by atoms with van der Waals surface area (Å²) in [5, 5.41) is 0. The summed E-state index contributed by atoms with van der Waals surface area (Å²) in [6, 6.07) is 21.5. The van der Waals surface area contributed by atoms with E-state index in [9.17, 15) is 9.59 Å². The van der Waals surface area contributed by atoms with Gasteiger partial charge in [-0.05, 0) is 54.2 Å². The SMILES string of the molecule is CCc1ccc(CCOc2ccc(CCC(=O)N3C(=O)OCC3Cc3ccccc3)cc2)nc1. The average molecular weight is 459 g/mol. The van der Waals surface area contributed by atoms with E-state index in [2.05, 4.69) is 18.0 Å². The van der Waals surface area contributed by atoms with Crippen molar-refractivity contribution >= 4 is 12.0 Å². The molecule has 6 heteroatoms. The highest BCUT2D eigenvalue weighted by molar-refractivity contribution is 5.93. The molecule has 4 rings (SSSR count). The molecule has 0 N–H and O–H groups in total. The Kier molecular flexibility index (Phi) is 7.91. The van der Waals surface area contributed by atoms with Gasteiger partial charge in [0.05, 0.1) is 12.6 Å². The molecule has 1 aliphatic rings. The molecule has 1 aliphatic heterocycles. The predicted octanol–water partition coefficient (Wildman–Crippen LogP) is 4.79. The monoisotopic (exact) mass is 458 g/mol. The lowest BCUT2D eigenvalue weighted by molar-refractivity contribution is -0.129. The molecular weight excluding hydrogens is 428 g/mol. The predicted molar refractivity (Wildman–Crippen MR) is 130 cm³/mol. The quantitative estimate of drug-likeness (QED) is 0.437. The Morgan fingerprint density at radius 2 is 1.76 bits per heavy atom. The number of carbonyl (C=O) groups excluding carboxylic acids is 2. The largest absolute Gasteiger partial charge is 0.493 e. The zero-order valence-corrected chi connectivity index (χ0v) is 19.5. The minimum Gasteiger partial charge on any atom is -0.493 e. The summed E-state index contributed by atoms with van der Waals surface area (Å²) >= 11 is 0. The van der Waals surface area contributed by atoms with Crippen LogP contribution >= 0.6 is 0 Å². The second-order valence-electron chi connectivity index (χ2n) is 8.44. The topological polar surface area (TPSA) is 68.7 Å². The summed E-state index contributed by atoms with van der Waals surface area (Å²) in [5.74, 6) is 0.580. The molecule has 1 unspecified atom stereocenters. The normalized spacial score (nSPS) is 15.3. The first-order valence-electron chi connectivity index (χ1n) is 11.8.